The monoisotopic (exact) mass is 307 g/mol. The molecule has 1 atom stereocenters. The number of hydrogen-bond donors (Lipinski definition) is 1. The van der Waals surface area contributed by atoms with E-state index in [0.717, 1.165) is 11.1 Å². The summed E-state index contributed by atoms with van der Waals surface area (Å²) in [6.45, 7) is 1.95. The van der Waals surface area contributed by atoms with E-state index in [1.165, 1.54) is 22.7 Å². The van der Waals surface area contributed by atoms with Crippen LogP contribution >= 0.6 is 11.8 Å². The van der Waals surface area contributed by atoms with Crippen molar-refractivity contribution < 1.29 is 19.4 Å². The van der Waals surface area contributed by atoms with Gasteiger partial charge in [-0.1, -0.05) is 11.6 Å². The van der Waals surface area contributed by atoms with Crippen LogP contribution in [0.1, 0.15) is 11.1 Å². The summed E-state index contributed by atoms with van der Waals surface area (Å²) in [6.07, 6.45) is 3.06. The lowest BCUT2D eigenvalue weighted by molar-refractivity contribution is -0.146. The lowest BCUT2D eigenvalue weighted by Crippen LogP contribution is -2.40. The number of carboxylic acid groups (broad SMARTS) is 1. The molecule has 0 unspecified atom stereocenters. The third kappa shape index (κ3) is 3.58. The Morgan fingerprint density at radius 3 is 2.90 bits per heavy atom. The Kier molecular flexibility index (Phi) is 4.90. The van der Waals surface area contributed by atoms with E-state index in [9.17, 15) is 9.59 Å². The number of methoxy groups -OCH3 is 1. The Morgan fingerprint density at radius 2 is 2.24 bits per heavy atom. The fraction of sp³-hybridized carbons (Fsp3) is 0.333. The van der Waals surface area contributed by atoms with Gasteiger partial charge in [-0.3, -0.25) is 4.79 Å². The van der Waals surface area contributed by atoms with Crippen LogP contribution in [-0.2, 0) is 9.59 Å². The fourth-order valence-electron chi connectivity index (χ4n) is 2.11. The number of aryl methyl sites for hydroxylation is 1. The van der Waals surface area contributed by atoms with E-state index in [-0.39, 0.29) is 5.91 Å². The highest BCUT2D eigenvalue weighted by Gasteiger charge is 2.33. The molecule has 0 aromatic heterocycles. The molecule has 0 radical (unpaired) electrons. The molecule has 1 aromatic carbocycles. The Balaban J connectivity index is 2.15. The van der Waals surface area contributed by atoms with Gasteiger partial charge in [0.05, 0.1) is 13.0 Å². The number of carbonyl (C=O) groups is 2. The summed E-state index contributed by atoms with van der Waals surface area (Å²) in [5.41, 5.74) is 1.85. The molecular formula is C15H17NO4S. The molecule has 21 heavy (non-hydrogen) atoms. The number of benzene rings is 1. The number of nitrogens with zero attached hydrogens (tertiary/aromatic N) is 1. The summed E-state index contributed by atoms with van der Waals surface area (Å²) < 4.78 is 5.24. The van der Waals surface area contributed by atoms with Crippen LogP contribution < -0.4 is 4.74 Å². The van der Waals surface area contributed by atoms with Crippen molar-refractivity contribution in [1.29, 1.82) is 0 Å². The van der Waals surface area contributed by atoms with Crippen molar-refractivity contribution in [3.05, 3.63) is 35.4 Å². The van der Waals surface area contributed by atoms with Gasteiger partial charge in [0.25, 0.3) is 0 Å². The highest BCUT2D eigenvalue weighted by atomic mass is 32.2. The zero-order chi connectivity index (χ0) is 15.4. The van der Waals surface area contributed by atoms with Gasteiger partial charge >= 0.3 is 5.97 Å². The van der Waals surface area contributed by atoms with Crippen LogP contribution in [0, 0.1) is 6.92 Å². The van der Waals surface area contributed by atoms with Crippen molar-refractivity contribution >= 4 is 29.7 Å². The second kappa shape index (κ2) is 6.67. The minimum Gasteiger partial charge on any atom is -0.496 e. The molecule has 112 valence electrons. The van der Waals surface area contributed by atoms with Gasteiger partial charge < -0.3 is 14.7 Å². The Bertz CT molecular complexity index is 585. The van der Waals surface area contributed by atoms with Gasteiger partial charge in [0.2, 0.25) is 5.91 Å². The van der Waals surface area contributed by atoms with Crippen molar-refractivity contribution in [2.75, 3.05) is 18.7 Å². The highest BCUT2D eigenvalue weighted by molar-refractivity contribution is 7.99. The van der Waals surface area contributed by atoms with E-state index < -0.39 is 12.0 Å². The molecule has 1 aliphatic heterocycles. The molecule has 1 aliphatic rings. The van der Waals surface area contributed by atoms with Crippen molar-refractivity contribution in [1.82, 2.24) is 4.90 Å². The third-order valence-corrected chi connectivity index (χ3v) is 4.25. The van der Waals surface area contributed by atoms with Crippen molar-refractivity contribution in [3.8, 4) is 5.75 Å². The van der Waals surface area contributed by atoms with Crippen LogP contribution in [0.25, 0.3) is 6.08 Å². The van der Waals surface area contributed by atoms with Crippen LogP contribution in [0.2, 0.25) is 0 Å². The highest BCUT2D eigenvalue weighted by Crippen LogP contribution is 2.23. The average molecular weight is 307 g/mol. The number of amides is 1. The molecule has 0 aliphatic carbocycles. The zero-order valence-corrected chi connectivity index (χ0v) is 12.7. The number of ether oxygens (including phenoxy) is 1. The lowest BCUT2D eigenvalue weighted by atomic mass is 10.1. The first kappa shape index (κ1) is 15.4. The molecular weight excluding hydrogens is 290 g/mol. The van der Waals surface area contributed by atoms with Gasteiger partial charge in [-0.25, -0.2) is 4.79 Å². The average Bonchev–Trinajstić information content (AvgIpc) is 2.94. The summed E-state index contributed by atoms with van der Waals surface area (Å²) in [7, 11) is 1.57. The minimum absolute atomic E-state index is 0.295. The Hall–Kier alpha value is -1.95. The van der Waals surface area contributed by atoms with Crippen LogP contribution in [-0.4, -0.2) is 46.7 Å². The second-order valence-corrected chi connectivity index (χ2v) is 5.74. The van der Waals surface area contributed by atoms with Gasteiger partial charge in [-0.05, 0) is 25.1 Å². The van der Waals surface area contributed by atoms with E-state index in [1.807, 2.05) is 25.1 Å². The smallest absolute Gasteiger partial charge is 0.327 e. The molecule has 2 rings (SSSR count). The number of rotatable bonds is 4. The molecule has 1 aromatic rings. The Morgan fingerprint density at radius 1 is 1.48 bits per heavy atom. The maximum absolute atomic E-state index is 12.1. The molecule has 0 spiro atoms. The van der Waals surface area contributed by atoms with Gasteiger partial charge in [0.15, 0.2) is 0 Å². The van der Waals surface area contributed by atoms with Gasteiger partial charge in [-0.15, -0.1) is 11.8 Å². The molecule has 1 saturated heterocycles. The third-order valence-electron chi connectivity index (χ3n) is 3.24. The van der Waals surface area contributed by atoms with Crippen LogP contribution in [0.5, 0.6) is 5.75 Å². The molecule has 1 heterocycles. The summed E-state index contributed by atoms with van der Waals surface area (Å²) in [4.78, 5) is 24.6. The maximum Gasteiger partial charge on any atom is 0.327 e. The lowest BCUT2D eigenvalue weighted by Gasteiger charge is -2.18. The summed E-state index contributed by atoms with van der Waals surface area (Å²) in [5, 5.41) is 9.09. The SMILES string of the molecule is COc1ccc(C)cc1/C=C/C(=O)N1CSC[C@H]1C(=O)O. The van der Waals surface area contributed by atoms with E-state index in [2.05, 4.69) is 0 Å². The molecule has 0 saturated carbocycles. The number of carboxylic acids is 1. The number of thioether (sulfide) groups is 1. The number of carbonyl (C=O) groups excluding carboxylic acids is 1. The first-order valence-corrected chi connectivity index (χ1v) is 7.62. The van der Waals surface area contributed by atoms with Crippen LogP contribution in [0.4, 0.5) is 0 Å². The van der Waals surface area contributed by atoms with Crippen molar-refractivity contribution in [3.63, 3.8) is 0 Å². The fourth-order valence-corrected chi connectivity index (χ4v) is 3.26. The summed E-state index contributed by atoms with van der Waals surface area (Å²) in [5.74, 6) is 0.259. The number of hydrogen-bond acceptors (Lipinski definition) is 4. The van der Waals surface area contributed by atoms with Crippen molar-refractivity contribution in [2.45, 2.75) is 13.0 Å². The topological polar surface area (TPSA) is 66.8 Å². The predicted molar refractivity (Wildman–Crippen MR) is 82.4 cm³/mol. The largest absolute Gasteiger partial charge is 0.496 e. The van der Waals surface area contributed by atoms with Gasteiger partial charge in [-0.2, -0.15) is 0 Å². The second-order valence-electron chi connectivity index (χ2n) is 4.74. The molecule has 1 amide bonds. The molecule has 5 nitrogen and oxygen atoms in total. The molecule has 6 heteroatoms. The van der Waals surface area contributed by atoms with Crippen molar-refractivity contribution in [2.24, 2.45) is 0 Å². The summed E-state index contributed by atoms with van der Waals surface area (Å²) in [6, 6.07) is 4.93. The standard InChI is InChI=1S/C15H17NO4S/c1-10-3-5-13(20-2)11(7-10)4-6-14(17)16-9-21-8-12(16)15(18)19/h3-7,12H,8-9H2,1-2H3,(H,18,19)/b6-4+/t12-/m0/s1. The van der Waals surface area contributed by atoms with E-state index in [1.54, 1.807) is 13.2 Å². The quantitative estimate of drug-likeness (QED) is 0.862. The predicted octanol–water partition coefficient (Wildman–Crippen LogP) is 2.00. The minimum atomic E-state index is -0.963. The van der Waals surface area contributed by atoms with Crippen LogP contribution in [0.3, 0.4) is 0 Å². The zero-order valence-electron chi connectivity index (χ0n) is 11.9. The molecule has 1 fully saturated rings. The molecule has 0 bridgehead atoms. The van der Waals surface area contributed by atoms with Gasteiger partial charge in [0.1, 0.15) is 11.8 Å². The first-order valence-electron chi connectivity index (χ1n) is 6.47. The van der Waals surface area contributed by atoms with Crippen LogP contribution in [0.15, 0.2) is 24.3 Å². The molecule has 1 N–H and O–H groups in total. The van der Waals surface area contributed by atoms with Gasteiger partial charge in [0, 0.05) is 17.4 Å². The maximum atomic E-state index is 12.1. The van der Waals surface area contributed by atoms with E-state index in [0.29, 0.717) is 17.4 Å². The first-order chi connectivity index (χ1) is 10.0. The van der Waals surface area contributed by atoms with E-state index in [4.69, 9.17) is 9.84 Å². The Labute approximate surface area is 127 Å². The summed E-state index contributed by atoms with van der Waals surface area (Å²) >= 11 is 1.44. The van der Waals surface area contributed by atoms with E-state index >= 15 is 0 Å². The normalized spacial score (nSPS) is 18.2. The number of aliphatic carboxylic acids is 1.